The molecule has 0 spiro atoms. The van der Waals surface area contributed by atoms with Gasteiger partial charge in [-0.3, -0.25) is 0 Å². The molecule has 1 nitrogen and oxygen atoms in total. The van der Waals surface area contributed by atoms with Crippen LogP contribution < -0.4 is 0 Å². The molecule has 0 radical (unpaired) electrons. The van der Waals surface area contributed by atoms with E-state index < -0.39 is 12.3 Å². The first-order valence-corrected chi connectivity index (χ1v) is 5.15. The highest BCUT2D eigenvalue weighted by atomic mass is 35.5. The van der Waals surface area contributed by atoms with E-state index in [1.807, 2.05) is 0 Å². The summed E-state index contributed by atoms with van der Waals surface area (Å²) in [5, 5.41) is 10.3. The molecule has 0 bridgehead atoms. The van der Waals surface area contributed by atoms with E-state index in [0.29, 0.717) is 0 Å². The molecule has 1 unspecified atom stereocenters. The number of hydrogen-bond acceptors (Lipinski definition) is 1. The maximum atomic E-state index is 12.7. The van der Waals surface area contributed by atoms with E-state index in [4.69, 9.17) is 34.8 Å². The molecule has 1 atom stereocenters. The second-order valence-corrected chi connectivity index (χ2v) is 4.21. The fourth-order valence-corrected chi connectivity index (χ4v) is 1.65. The quantitative estimate of drug-likeness (QED) is 0.650. The Hall–Kier alpha value is -0.280. The van der Waals surface area contributed by atoms with Gasteiger partial charge in [0.15, 0.2) is 0 Å². The van der Waals surface area contributed by atoms with Crippen molar-refractivity contribution in [1.82, 2.24) is 0 Å². The van der Waals surface area contributed by atoms with Crippen molar-refractivity contribution in [3.05, 3.63) is 45.4 Å². The lowest BCUT2D eigenvalue weighted by molar-refractivity contribution is 0.0601. The SMILES string of the molecule is C=CC(O)(CF)c1cc(Cl)c(Cl)c(Cl)c1. The summed E-state index contributed by atoms with van der Waals surface area (Å²) in [4.78, 5) is 0. The maximum Gasteiger partial charge on any atom is 0.136 e. The van der Waals surface area contributed by atoms with Crippen LogP contribution in [-0.4, -0.2) is 11.8 Å². The topological polar surface area (TPSA) is 20.2 Å². The first kappa shape index (κ1) is 12.8. The molecule has 0 aliphatic carbocycles. The highest BCUT2D eigenvalue weighted by molar-refractivity contribution is 6.48. The summed E-state index contributed by atoms with van der Waals surface area (Å²) in [7, 11) is 0. The fraction of sp³-hybridized carbons (Fsp3) is 0.200. The zero-order chi connectivity index (χ0) is 11.6. The Morgan fingerprint density at radius 3 is 2.13 bits per heavy atom. The Morgan fingerprint density at radius 1 is 1.33 bits per heavy atom. The van der Waals surface area contributed by atoms with Gasteiger partial charge < -0.3 is 5.11 Å². The van der Waals surface area contributed by atoms with Crippen molar-refractivity contribution in [2.45, 2.75) is 5.60 Å². The van der Waals surface area contributed by atoms with E-state index >= 15 is 0 Å². The van der Waals surface area contributed by atoms with Crippen LogP contribution >= 0.6 is 34.8 Å². The number of rotatable bonds is 3. The van der Waals surface area contributed by atoms with Crippen molar-refractivity contribution >= 4 is 34.8 Å². The molecule has 1 aromatic rings. The molecule has 1 rings (SSSR count). The molecule has 0 aliphatic rings. The number of aliphatic hydroxyl groups is 1. The Labute approximate surface area is 102 Å². The van der Waals surface area contributed by atoms with E-state index in [9.17, 15) is 9.50 Å². The lowest BCUT2D eigenvalue weighted by Gasteiger charge is -2.21. The van der Waals surface area contributed by atoms with Crippen molar-refractivity contribution in [2.75, 3.05) is 6.67 Å². The largest absolute Gasteiger partial charge is 0.378 e. The average Bonchev–Trinajstić information content (AvgIpc) is 2.24. The highest BCUT2D eigenvalue weighted by Crippen LogP contribution is 2.35. The van der Waals surface area contributed by atoms with E-state index in [2.05, 4.69) is 6.58 Å². The predicted octanol–water partition coefficient (Wildman–Crippen LogP) is 3.99. The normalized spacial score (nSPS) is 14.7. The van der Waals surface area contributed by atoms with E-state index in [1.165, 1.54) is 12.1 Å². The lowest BCUT2D eigenvalue weighted by atomic mass is 9.95. The van der Waals surface area contributed by atoms with Gasteiger partial charge in [0, 0.05) is 0 Å². The molecule has 82 valence electrons. The van der Waals surface area contributed by atoms with Gasteiger partial charge in [-0.15, -0.1) is 0 Å². The molecular weight excluding hydrogens is 261 g/mol. The van der Waals surface area contributed by atoms with Gasteiger partial charge in [-0.1, -0.05) is 47.5 Å². The van der Waals surface area contributed by atoms with Crippen LogP contribution in [0.1, 0.15) is 5.56 Å². The first-order chi connectivity index (χ1) is 6.94. The Bertz CT molecular complexity index is 371. The molecule has 1 N–H and O–H groups in total. The van der Waals surface area contributed by atoms with Gasteiger partial charge in [0.1, 0.15) is 12.3 Å². The third kappa shape index (κ3) is 2.45. The summed E-state index contributed by atoms with van der Waals surface area (Å²) in [5.74, 6) is 0. The van der Waals surface area contributed by atoms with Gasteiger partial charge in [-0.25, -0.2) is 4.39 Å². The Morgan fingerprint density at radius 2 is 1.80 bits per heavy atom. The van der Waals surface area contributed by atoms with Crippen LogP contribution in [0.15, 0.2) is 24.8 Å². The van der Waals surface area contributed by atoms with Crippen LogP contribution in [-0.2, 0) is 5.60 Å². The van der Waals surface area contributed by atoms with Gasteiger partial charge in [0.05, 0.1) is 15.1 Å². The second kappa shape index (κ2) is 4.71. The van der Waals surface area contributed by atoms with Crippen LogP contribution in [0.25, 0.3) is 0 Å². The summed E-state index contributed by atoms with van der Waals surface area (Å²) in [6.45, 7) is 2.34. The molecule has 0 aromatic heterocycles. The monoisotopic (exact) mass is 268 g/mol. The van der Waals surface area contributed by atoms with Crippen LogP contribution in [0.2, 0.25) is 15.1 Å². The Balaban J connectivity index is 3.33. The molecule has 0 amide bonds. The molecule has 15 heavy (non-hydrogen) atoms. The minimum Gasteiger partial charge on any atom is -0.378 e. The third-order valence-electron chi connectivity index (χ3n) is 2.03. The Kier molecular flexibility index (Phi) is 4.01. The number of hydrogen-bond donors (Lipinski definition) is 1. The summed E-state index contributed by atoms with van der Waals surface area (Å²) in [5.41, 5.74) is -1.56. The van der Waals surface area contributed by atoms with Gasteiger partial charge >= 0.3 is 0 Å². The first-order valence-electron chi connectivity index (χ1n) is 4.01. The molecule has 0 saturated carbocycles. The fourth-order valence-electron chi connectivity index (χ4n) is 1.06. The molecule has 0 fully saturated rings. The summed E-state index contributed by atoms with van der Waals surface area (Å²) in [6.07, 6.45) is 1.09. The van der Waals surface area contributed by atoms with Crippen LogP contribution in [0.3, 0.4) is 0 Å². The van der Waals surface area contributed by atoms with Gasteiger partial charge in [-0.05, 0) is 17.7 Å². The molecule has 1 aromatic carbocycles. The standard InChI is InChI=1S/C10H8Cl3FO/c1-2-10(15,5-14)6-3-7(11)9(13)8(12)4-6/h2-4,15H,1,5H2. The zero-order valence-corrected chi connectivity index (χ0v) is 9.87. The van der Waals surface area contributed by atoms with Gasteiger partial charge in [0.25, 0.3) is 0 Å². The van der Waals surface area contributed by atoms with E-state index in [0.717, 1.165) is 6.08 Å². The lowest BCUT2D eigenvalue weighted by Crippen LogP contribution is -2.25. The van der Waals surface area contributed by atoms with Crippen LogP contribution in [0, 0.1) is 0 Å². The summed E-state index contributed by atoms with van der Waals surface area (Å²) < 4.78 is 12.7. The van der Waals surface area contributed by atoms with E-state index in [1.54, 1.807) is 0 Å². The number of benzene rings is 1. The summed E-state index contributed by atoms with van der Waals surface area (Å²) >= 11 is 17.2. The van der Waals surface area contributed by atoms with E-state index in [-0.39, 0.29) is 20.6 Å². The van der Waals surface area contributed by atoms with Crippen molar-refractivity contribution < 1.29 is 9.50 Å². The second-order valence-electron chi connectivity index (χ2n) is 3.02. The van der Waals surface area contributed by atoms with Gasteiger partial charge in [0.2, 0.25) is 0 Å². The minimum atomic E-state index is -1.78. The summed E-state index contributed by atoms with van der Waals surface area (Å²) in [6, 6.07) is 2.72. The molecule has 0 saturated heterocycles. The molecular formula is C10H8Cl3FO. The van der Waals surface area contributed by atoms with Gasteiger partial charge in [-0.2, -0.15) is 0 Å². The molecule has 5 heteroatoms. The smallest absolute Gasteiger partial charge is 0.136 e. The predicted molar refractivity (Wildman–Crippen MR) is 61.5 cm³/mol. The third-order valence-corrected chi connectivity index (χ3v) is 3.22. The van der Waals surface area contributed by atoms with Crippen molar-refractivity contribution in [2.24, 2.45) is 0 Å². The van der Waals surface area contributed by atoms with Crippen molar-refractivity contribution in [3.8, 4) is 0 Å². The maximum absolute atomic E-state index is 12.7. The number of alkyl halides is 1. The zero-order valence-electron chi connectivity index (χ0n) is 7.61. The van der Waals surface area contributed by atoms with Crippen molar-refractivity contribution in [3.63, 3.8) is 0 Å². The van der Waals surface area contributed by atoms with Crippen LogP contribution in [0.4, 0.5) is 4.39 Å². The minimum absolute atomic E-state index is 0.160. The van der Waals surface area contributed by atoms with Crippen molar-refractivity contribution in [1.29, 1.82) is 0 Å². The number of halogens is 4. The average molecular weight is 270 g/mol. The van der Waals surface area contributed by atoms with Crippen LogP contribution in [0.5, 0.6) is 0 Å². The molecule has 0 aliphatic heterocycles. The molecule has 0 heterocycles. The highest BCUT2D eigenvalue weighted by Gasteiger charge is 2.27.